The quantitative estimate of drug-likeness (QED) is 0.443. The molecule has 0 spiro atoms. The van der Waals surface area contributed by atoms with Crippen LogP contribution in [-0.4, -0.2) is 29.3 Å². The molecule has 2 heterocycles. The molecule has 0 saturated heterocycles. The molecule has 3 aromatic rings. The maximum Gasteiger partial charge on any atom is 0.416 e. The number of hydrogen-bond acceptors (Lipinski definition) is 3. The largest absolute Gasteiger partial charge is 0.416 e. The number of halogens is 6. The molecule has 3 amide bonds. The molecule has 7 nitrogen and oxygen atoms in total. The molecule has 1 aliphatic rings. The van der Waals surface area contributed by atoms with Crippen LogP contribution >= 0.6 is 11.6 Å². The van der Waals surface area contributed by atoms with E-state index in [1.54, 1.807) is 0 Å². The standard InChI is InChI=1S/C23H16ClF5N4O3/c1-30-22(36)17-8-16(31-21(35)10-4-11(23(27,28)29)6-13(26)5-10)20-19(32-18(34)9-33(17)20)14-7-12(25)2-3-15(14)24/h2-8,19H,9H2,1H3,(H,30,36)(H,31,35)(H,32,34)/t19-/m0/s1. The second-order valence-corrected chi connectivity index (χ2v) is 8.25. The van der Waals surface area contributed by atoms with E-state index in [1.165, 1.54) is 23.7 Å². The molecule has 0 radical (unpaired) electrons. The Bertz CT molecular complexity index is 1400. The molecule has 0 unspecified atom stereocenters. The van der Waals surface area contributed by atoms with Gasteiger partial charge in [0.05, 0.1) is 23.0 Å². The number of hydrogen-bond donors (Lipinski definition) is 3. The summed E-state index contributed by atoms with van der Waals surface area (Å²) in [6.45, 7) is -0.352. The van der Waals surface area contributed by atoms with Crippen LogP contribution in [0.3, 0.4) is 0 Å². The van der Waals surface area contributed by atoms with Gasteiger partial charge in [-0.1, -0.05) is 11.6 Å². The van der Waals surface area contributed by atoms with E-state index in [-0.39, 0.29) is 40.3 Å². The van der Waals surface area contributed by atoms with Crippen molar-refractivity contribution in [2.75, 3.05) is 12.4 Å². The molecule has 188 valence electrons. The third-order valence-electron chi connectivity index (χ3n) is 5.48. The number of amides is 3. The van der Waals surface area contributed by atoms with E-state index < -0.39 is 52.7 Å². The lowest BCUT2D eigenvalue weighted by Gasteiger charge is -2.29. The lowest BCUT2D eigenvalue weighted by molar-refractivity contribution is -0.137. The van der Waals surface area contributed by atoms with Gasteiger partial charge in [0.2, 0.25) is 5.91 Å². The van der Waals surface area contributed by atoms with Crippen LogP contribution in [0.25, 0.3) is 0 Å². The number of anilines is 1. The van der Waals surface area contributed by atoms with Crippen molar-refractivity contribution in [1.29, 1.82) is 0 Å². The number of fused-ring (bicyclic) bond motifs is 1. The van der Waals surface area contributed by atoms with E-state index in [2.05, 4.69) is 16.0 Å². The molecular weight excluding hydrogens is 511 g/mol. The minimum absolute atomic E-state index is 0.0644. The molecule has 4 rings (SSSR count). The minimum atomic E-state index is -4.90. The summed E-state index contributed by atoms with van der Waals surface area (Å²) >= 11 is 6.23. The number of rotatable bonds is 4. The van der Waals surface area contributed by atoms with Crippen LogP contribution in [0.15, 0.2) is 42.5 Å². The molecule has 0 bridgehead atoms. The minimum Gasteiger partial charge on any atom is -0.354 e. The molecule has 1 atom stereocenters. The Morgan fingerprint density at radius 3 is 2.44 bits per heavy atom. The predicted octanol–water partition coefficient (Wildman–Crippen LogP) is 4.27. The van der Waals surface area contributed by atoms with Crippen LogP contribution in [0, 0.1) is 11.6 Å². The van der Waals surface area contributed by atoms with Crippen molar-refractivity contribution in [1.82, 2.24) is 15.2 Å². The summed E-state index contributed by atoms with van der Waals surface area (Å²) in [4.78, 5) is 37.8. The maximum atomic E-state index is 14.0. The fourth-order valence-electron chi connectivity index (χ4n) is 3.92. The number of carbonyl (C=O) groups excluding carboxylic acids is 3. The molecule has 36 heavy (non-hydrogen) atoms. The zero-order chi connectivity index (χ0) is 26.4. The van der Waals surface area contributed by atoms with Crippen molar-refractivity contribution in [3.8, 4) is 0 Å². The van der Waals surface area contributed by atoms with E-state index >= 15 is 0 Å². The Balaban J connectivity index is 1.84. The van der Waals surface area contributed by atoms with E-state index in [4.69, 9.17) is 11.6 Å². The SMILES string of the molecule is CNC(=O)c1cc(NC(=O)c2cc(F)cc(C(F)(F)F)c2)c2n1CC(=O)N[C@H]2c1cc(F)ccc1Cl. The smallest absolute Gasteiger partial charge is 0.354 e. The van der Waals surface area contributed by atoms with Gasteiger partial charge in [0.1, 0.15) is 23.9 Å². The van der Waals surface area contributed by atoms with Gasteiger partial charge in [-0.3, -0.25) is 14.4 Å². The highest BCUT2D eigenvalue weighted by Gasteiger charge is 2.35. The van der Waals surface area contributed by atoms with Crippen molar-refractivity contribution >= 4 is 35.0 Å². The molecule has 0 saturated carbocycles. The molecule has 3 N–H and O–H groups in total. The Morgan fingerprint density at radius 2 is 1.78 bits per heavy atom. The Hall–Kier alpha value is -3.93. The monoisotopic (exact) mass is 526 g/mol. The fraction of sp³-hybridized carbons (Fsp3) is 0.174. The van der Waals surface area contributed by atoms with Crippen molar-refractivity contribution in [2.24, 2.45) is 0 Å². The van der Waals surface area contributed by atoms with Crippen molar-refractivity contribution in [3.05, 3.63) is 87.2 Å². The Morgan fingerprint density at radius 1 is 1.06 bits per heavy atom. The molecule has 2 aromatic carbocycles. The first-order valence-electron chi connectivity index (χ1n) is 10.3. The highest BCUT2D eigenvalue weighted by atomic mass is 35.5. The van der Waals surface area contributed by atoms with Crippen LogP contribution in [0.1, 0.15) is 43.7 Å². The number of nitrogens with one attached hydrogen (secondary N) is 3. The summed E-state index contributed by atoms with van der Waals surface area (Å²) in [5.74, 6) is -4.26. The zero-order valence-electron chi connectivity index (χ0n) is 18.3. The molecule has 0 fully saturated rings. The van der Waals surface area contributed by atoms with Gasteiger partial charge in [-0.2, -0.15) is 13.2 Å². The predicted molar refractivity (Wildman–Crippen MR) is 119 cm³/mol. The summed E-state index contributed by atoms with van der Waals surface area (Å²) in [7, 11) is 1.33. The molecular formula is C23H16ClF5N4O3. The summed E-state index contributed by atoms with van der Waals surface area (Å²) < 4.78 is 68.5. The highest BCUT2D eigenvalue weighted by Crippen LogP contribution is 2.38. The van der Waals surface area contributed by atoms with E-state index in [0.29, 0.717) is 12.1 Å². The molecule has 1 aliphatic heterocycles. The number of carbonyl (C=O) groups is 3. The van der Waals surface area contributed by atoms with Gasteiger partial charge in [-0.05, 0) is 42.5 Å². The summed E-state index contributed by atoms with van der Waals surface area (Å²) in [6.07, 6.45) is -4.90. The van der Waals surface area contributed by atoms with E-state index in [9.17, 15) is 36.3 Å². The second kappa shape index (κ2) is 9.26. The van der Waals surface area contributed by atoms with E-state index in [1.807, 2.05) is 0 Å². The third-order valence-corrected chi connectivity index (χ3v) is 5.83. The number of alkyl halides is 3. The first-order chi connectivity index (χ1) is 16.9. The zero-order valence-corrected chi connectivity index (χ0v) is 19.0. The first-order valence-corrected chi connectivity index (χ1v) is 10.7. The summed E-state index contributed by atoms with van der Waals surface area (Å²) in [6, 6.07) is 4.82. The molecule has 1 aromatic heterocycles. The van der Waals surface area contributed by atoms with Gasteiger partial charge in [0.15, 0.2) is 0 Å². The highest BCUT2D eigenvalue weighted by molar-refractivity contribution is 6.31. The van der Waals surface area contributed by atoms with Gasteiger partial charge < -0.3 is 20.5 Å². The van der Waals surface area contributed by atoms with Gasteiger partial charge in [0.25, 0.3) is 11.8 Å². The third kappa shape index (κ3) is 4.76. The topological polar surface area (TPSA) is 92.2 Å². The summed E-state index contributed by atoms with van der Waals surface area (Å²) in [5.41, 5.74) is -1.93. The van der Waals surface area contributed by atoms with Crippen molar-refractivity contribution in [3.63, 3.8) is 0 Å². The summed E-state index contributed by atoms with van der Waals surface area (Å²) in [5, 5.41) is 7.45. The van der Waals surface area contributed by atoms with Gasteiger partial charge >= 0.3 is 6.18 Å². The normalized spacial score (nSPS) is 15.2. The van der Waals surface area contributed by atoms with Crippen molar-refractivity contribution < 1.29 is 36.3 Å². The van der Waals surface area contributed by atoms with Crippen LogP contribution in [-0.2, 0) is 17.5 Å². The number of benzene rings is 2. The van der Waals surface area contributed by atoms with Crippen molar-refractivity contribution in [2.45, 2.75) is 18.8 Å². The fourth-order valence-corrected chi connectivity index (χ4v) is 4.15. The number of aromatic nitrogens is 1. The lowest BCUT2D eigenvalue weighted by atomic mass is 10.0. The maximum absolute atomic E-state index is 14.0. The van der Waals surface area contributed by atoms with E-state index in [0.717, 1.165) is 12.1 Å². The van der Waals surface area contributed by atoms with Crippen LogP contribution in [0.5, 0.6) is 0 Å². The number of nitrogens with zero attached hydrogens (tertiary/aromatic N) is 1. The Labute approximate surface area is 205 Å². The molecule has 0 aliphatic carbocycles. The average Bonchev–Trinajstić information content (AvgIpc) is 3.16. The van der Waals surface area contributed by atoms with Gasteiger partial charge in [-0.25, -0.2) is 8.78 Å². The average molecular weight is 527 g/mol. The molecule has 13 heteroatoms. The van der Waals surface area contributed by atoms with Crippen LogP contribution in [0.4, 0.5) is 27.6 Å². The van der Waals surface area contributed by atoms with Crippen LogP contribution in [0.2, 0.25) is 5.02 Å². The second-order valence-electron chi connectivity index (χ2n) is 7.84. The lowest BCUT2D eigenvalue weighted by Crippen LogP contribution is -2.40. The van der Waals surface area contributed by atoms with Gasteiger partial charge in [0, 0.05) is 23.2 Å². The Kier molecular flexibility index (Phi) is 6.48. The van der Waals surface area contributed by atoms with Gasteiger partial charge in [-0.15, -0.1) is 0 Å². The first kappa shape index (κ1) is 25.2. The van der Waals surface area contributed by atoms with Crippen LogP contribution < -0.4 is 16.0 Å².